The normalized spacial score (nSPS) is 16.3. The molecule has 1 aliphatic rings. The summed E-state index contributed by atoms with van der Waals surface area (Å²) in [5.41, 5.74) is 3.00. The first-order valence-electron chi connectivity index (χ1n) is 8.91. The number of aliphatic imine (C=N–C) groups is 1. The number of rotatable bonds is 6. The van der Waals surface area contributed by atoms with Gasteiger partial charge in [0.25, 0.3) is 0 Å². The SMILES string of the molecule is CCCNC(=NC)NCC(C(C)C)N1CCc2ccccc2C1.I. The van der Waals surface area contributed by atoms with Crippen molar-refractivity contribution in [3.63, 3.8) is 0 Å². The maximum atomic E-state index is 4.31. The minimum Gasteiger partial charge on any atom is -0.356 e. The molecule has 0 aliphatic carbocycles. The largest absolute Gasteiger partial charge is 0.356 e. The highest BCUT2D eigenvalue weighted by molar-refractivity contribution is 14.0. The molecule has 0 bridgehead atoms. The Bertz CT molecular complexity index is 516. The molecular formula is C19H33IN4. The van der Waals surface area contributed by atoms with E-state index in [1.165, 1.54) is 11.1 Å². The minimum atomic E-state index is 0. The Hall–Kier alpha value is -0.820. The van der Waals surface area contributed by atoms with Crippen molar-refractivity contribution < 1.29 is 0 Å². The van der Waals surface area contributed by atoms with Crippen molar-refractivity contribution in [3.8, 4) is 0 Å². The van der Waals surface area contributed by atoms with Gasteiger partial charge in [0.05, 0.1) is 0 Å². The van der Waals surface area contributed by atoms with E-state index in [2.05, 4.69) is 65.6 Å². The lowest BCUT2D eigenvalue weighted by molar-refractivity contribution is 0.140. The Labute approximate surface area is 164 Å². The summed E-state index contributed by atoms with van der Waals surface area (Å²) in [5.74, 6) is 1.52. The predicted octanol–water partition coefficient (Wildman–Crippen LogP) is 3.26. The fourth-order valence-electron chi connectivity index (χ4n) is 3.25. The third-order valence-corrected chi connectivity index (χ3v) is 4.64. The molecule has 1 aromatic carbocycles. The molecule has 5 heteroatoms. The first kappa shape index (κ1) is 21.2. The molecule has 1 aromatic rings. The number of nitrogens with zero attached hydrogens (tertiary/aromatic N) is 2. The second kappa shape index (κ2) is 10.9. The molecule has 0 spiro atoms. The molecule has 136 valence electrons. The fourth-order valence-corrected chi connectivity index (χ4v) is 3.25. The average molecular weight is 444 g/mol. The summed E-state index contributed by atoms with van der Waals surface area (Å²) < 4.78 is 0. The number of halogens is 1. The molecule has 0 radical (unpaired) electrons. The third kappa shape index (κ3) is 5.92. The first-order valence-corrected chi connectivity index (χ1v) is 8.91. The molecular weight excluding hydrogens is 411 g/mol. The van der Waals surface area contributed by atoms with Gasteiger partial charge in [-0.25, -0.2) is 0 Å². The topological polar surface area (TPSA) is 39.7 Å². The molecule has 0 fully saturated rings. The van der Waals surface area contributed by atoms with Gasteiger partial charge in [-0.05, 0) is 29.9 Å². The Morgan fingerprint density at radius 3 is 2.54 bits per heavy atom. The highest BCUT2D eigenvalue weighted by Crippen LogP contribution is 2.22. The lowest BCUT2D eigenvalue weighted by Crippen LogP contribution is -2.50. The van der Waals surface area contributed by atoms with Crippen LogP contribution in [0.15, 0.2) is 29.3 Å². The van der Waals surface area contributed by atoms with Gasteiger partial charge in [0, 0.05) is 39.3 Å². The highest BCUT2D eigenvalue weighted by Gasteiger charge is 2.25. The van der Waals surface area contributed by atoms with Crippen molar-refractivity contribution >= 4 is 29.9 Å². The summed E-state index contributed by atoms with van der Waals surface area (Å²) in [7, 11) is 1.84. The van der Waals surface area contributed by atoms with E-state index in [0.29, 0.717) is 12.0 Å². The maximum Gasteiger partial charge on any atom is 0.191 e. The van der Waals surface area contributed by atoms with Crippen LogP contribution < -0.4 is 10.6 Å². The summed E-state index contributed by atoms with van der Waals surface area (Å²) in [5, 5.41) is 6.86. The molecule has 2 rings (SSSR count). The van der Waals surface area contributed by atoms with Crippen LogP contribution in [-0.4, -0.2) is 43.6 Å². The molecule has 1 unspecified atom stereocenters. The number of fused-ring (bicyclic) bond motifs is 1. The van der Waals surface area contributed by atoms with E-state index in [0.717, 1.165) is 45.0 Å². The lowest BCUT2D eigenvalue weighted by atomic mass is 9.95. The van der Waals surface area contributed by atoms with E-state index >= 15 is 0 Å². The molecule has 1 aliphatic heterocycles. The van der Waals surface area contributed by atoms with Crippen LogP contribution >= 0.6 is 24.0 Å². The van der Waals surface area contributed by atoms with Crippen LogP contribution in [0.3, 0.4) is 0 Å². The van der Waals surface area contributed by atoms with Gasteiger partial charge < -0.3 is 10.6 Å². The zero-order valence-electron chi connectivity index (χ0n) is 15.5. The van der Waals surface area contributed by atoms with Crippen LogP contribution in [0.1, 0.15) is 38.3 Å². The van der Waals surface area contributed by atoms with Crippen LogP contribution in [0, 0.1) is 5.92 Å². The van der Waals surface area contributed by atoms with Gasteiger partial charge >= 0.3 is 0 Å². The van der Waals surface area contributed by atoms with Gasteiger partial charge in [0.1, 0.15) is 0 Å². The monoisotopic (exact) mass is 444 g/mol. The summed E-state index contributed by atoms with van der Waals surface area (Å²) in [6, 6.07) is 9.37. The molecule has 0 saturated heterocycles. The number of nitrogens with one attached hydrogen (secondary N) is 2. The van der Waals surface area contributed by atoms with Gasteiger partial charge in [-0.2, -0.15) is 0 Å². The molecule has 1 heterocycles. The molecule has 0 saturated carbocycles. The Balaban J connectivity index is 0.00000288. The van der Waals surface area contributed by atoms with Crippen molar-refractivity contribution in [2.75, 3.05) is 26.7 Å². The van der Waals surface area contributed by atoms with Gasteiger partial charge in [-0.15, -0.1) is 24.0 Å². The zero-order valence-corrected chi connectivity index (χ0v) is 17.8. The minimum absolute atomic E-state index is 0. The van der Waals surface area contributed by atoms with Gasteiger partial charge in [-0.1, -0.05) is 45.0 Å². The molecule has 2 N–H and O–H groups in total. The number of hydrogen-bond acceptors (Lipinski definition) is 2. The molecule has 1 atom stereocenters. The smallest absolute Gasteiger partial charge is 0.191 e. The average Bonchev–Trinajstić information content (AvgIpc) is 2.57. The summed E-state index contributed by atoms with van der Waals surface area (Å²) in [4.78, 5) is 6.93. The number of benzene rings is 1. The van der Waals surface area contributed by atoms with Gasteiger partial charge in [-0.3, -0.25) is 9.89 Å². The zero-order chi connectivity index (χ0) is 16.7. The highest BCUT2D eigenvalue weighted by atomic mass is 127. The van der Waals surface area contributed by atoms with Crippen molar-refractivity contribution in [1.29, 1.82) is 0 Å². The molecule has 4 nitrogen and oxygen atoms in total. The third-order valence-electron chi connectivity index (χ3n) is 4.64. The van der Waals surface area contributed by atoms with Gasteiger partial charge in [0.15, 0.2) is 5.96 Å². The van der Waals surface area contributed by atoms with E-state index in [-0.39, 0.29) is 24.0 Å². The quantitative estimate of drug-likeness (QED) is 0.402. The van der Waals surface area contributed by atoms with E-state index in [9.17, 15) is 0 Å². The number of hydrogen-bond donors (Lipinski definition) is 2. The van der Waals surface area contributed by atoms with Crippen molar-refractivity contribution in [3.05, 3.63) is 35.4 Å². The lowest BCUT2D eigenvalue weighted by Gasteiger charge is -2.38. The number of guanidine groups is 1. The molecule has 0 aromatic heterocycles. The van der Waals surface area contributed by atoms with Crippen molar-refractivity contribution in [1.82, 2.24) is 15.5 Å². The molecule has 0 amide bonds. The second-order valence-electron chi connectivity index (χ2n) is 6.68. The van der Waals surface area contributed by atoms with E-state index < -0.39 is 0 Å². The Morgan fingerprint density at radius 1 is 1.21 bits per heavy atom. The first-order chi connectivity index (χ1) is 11.2. The second-order valence-corrected chi connectivity index (χ2v) is 6.68. The summed E-state index contributed by atoms with van der Waals surface area (Å²) in [6.07, 6.45) is 2.26. The maximum absolute atomic E-state index is 4.31. The molecule has 24 heavy (non-hydrogen) atoms. The Morgan fingerprint density at radius 2 is 1.92 bits per heavy atom. The van der Waals surface area contributed by atoms with Crippen LogP contribution in [0.4, 0.5) is 0 Å². The van der Waals surface area contributed by atoms with Crippen molar-refractivity contribution in [2.24, 2.45) is 10.9 Å². The summed E-state index contributed by atoms with van der Waals surface area (Å²) in [6.45, 7) is 10.9. The van der Waals surface area contributed by atoms with Crippen LogP contribution in [-0.2, 0) is 13.0 Å². The van der Waals surface area contributed by atoms with Crippen LogP contribution in [0.25, 0.3) is 0 Å². The van der Waals surface area contributed by atoms with Crippen LogP contribution in [0.5, 0.6) is 0 Å². The van der Waals surface area contributed by atoms with E-state index in [1.807, 2.05) is 7.05 Å². The van der Waals surface area contributed by atoms with Crippen LogP contribution in [0.2, 0.25) is 0 Å². The van der Waals surface area contributed by atoms with E-state index in [4.69, 9.17) is 0 Å². The standard InChI is InChI=1S/C19H32N4.HI/c1-5-11-21-19(20-4)22-13-18(15(2)3)23-12-10-16-8-6-7-9-17(16)14-23;/h6-9,15,18H,5,10-14H2,1-4H3,(H2,20,21,22);1H. The summed E-state index contributed by atoms with van der Waals surface area (Å²) >= 11 is 0. The van der Waals surface area contributed by atoms with E-state index in [1.54, 1.807) is 0 Å². The van der Waals surface area contributed by atoms with Crippen molar-refractivity contribution in [2.45, 2.75) is 46.2 Å². The fraction of sp³-hybridized carbons (Fsp3) is 0.632. The Kier molecular flexibility index (Phi) is 9.66. The van der Waals surface area contributed by atoms with Gasteiger partial charge in [0.2, 0.25) is 0 Å². The predicted molar refractivity (Wildman–Crippen MR) is 114 cm³/mol.